The van der Waals surface area contributed by atoms with Gasteiger partial charge in [0.05, 0.1) is 12.6 Å². The Balaban J connectivity index is 1.93. The molecule has 1 aliphatic heterocycles. The van der Waals surface area contributed by atoms with Gasteiger partial charge in [0.1, 0.15) is 24.4 Å². The van der Waals surface area contributed by atoms with Gasteiger partial charge < -0.3 is 36.0 Å². The van der Waals surface area contributed by atoms with E-state index in [0.717, 1.165) is 50.5 Å². The molecule has 2 rings (SSSR count). The second kappa shape index (κ2) is 32.9. The number of benzene rings is 1. The van der Waals surface area contributed by atoms with Crippen molar-refractivity contribution < 1.29 is 29.6 Å². The zero-order valence-electron chi connectivity index (χ0n) is 35.9. The number of aliphatic hydroxyl groups excluding tert-OH is 3. The van der Waals surface area contributed by atoms with Gasteiger partial charge in [-0.15, -0.1) is 0 Å². The lowest BCUT2D eigenvalue weighted by atomic mass is 9.94. The first-order valence-corrected chi connectivity index (χ1v) is 23.4. The molecule has 1 aromatic rings. The third kappa shape index (κ3) is 21.6. The first kappa shape index (κ1) is 50.1. The highest BCUT2D eigenvalue weighted by atomic mass is 16.5. The molecule has 1 heterocycles. The van der Waals surface area contributed by atoms with Crippen molar-refractivity contribution in [2.24, 2.45) is 5.73 Å². The van der Waals surface area contributed by atoms with Crippen LogP contribution in [0.4, 0.5) is 0 Å². The average Bonchev–Trinajstić information content (AvgIpc) is 3.20. The van der Waals surface area contributed by atoms with Crippen molar-refractivity contribution in [3.8, 4) is 0 Å². The summed E-state index contributed by atoms with van der Waals surface area (Å²) in [5.41, 5.74) is 7.22. The van der Waals surface area contributed by atoms with E-state index in [-0.39, 0.29) is 5.91 Å². The molecule has 6 N–H and O–H groups in total. The fraction of sp³-hybridized carbons (Fsp3) is 0.830. The Bertz CT molecular complexity index is 1090. The summed E-state index contributed by atoms with van der Waals surface area (Å²) in [5.74, 6) is -0.595. The summed E-state index contributed by atoms with van der Waals surface area (Å²) in [6.07, 6.45) is 28.7. The van der Waals surface area contributed by atoms with E-state index < -0.39 is 49.1 Å². The molecular formula is C47H85N3O6. The lowest BCUT2D eigenvalue weighted by Crippen LogP contribution is -2.69. The molecule has 0 radical (unpaired) electrons. The number of carbonyl (C=O) groups is 2. The minimum atomic E-state index is -1.46. The first-order chi connectivity index (χ1) is 27.3. The zero-order chi connectivity index (χ0) is 40.6. The Morgan fingerprint density at radius 3 is 1.54 bits per heavy atom. The molecule has 324 valence electrons. The van der Waals surface area contributed by atoms with Crippen LogP contribution in [0.2, 0.25) is 0 Å². The molecule has 9 nitrogen and oxygen atoms in total. The summed E-state index contributed by atoms with van der Waals surface area (Å²) in [5, 5.41) is 35.1. The zero-order valence-corrected chi connectivity index (χ0v) is 35.9. The summed E-state index contributed by atoms with van der Waals surface area (Å²) in [6.45, 7) is 4.39. The van der Waals surface area contributed by atoms with Crippen molar-refractivity contribution in [1.82, 2.24) is 10.2 Å². The second-order valence-electron chi connectivity index (χ2n) is 16.7. The molecule has 9 heteroatoms. The number of amides is 2. The molecule has 1 saturated heterocycles. The monoisotopic (exact) mass is 788 g/mol. The number of nitrogens with one attached hydrogen (secondary N) is 1. The lowest BCUT2D eigenvalue weighted by Gasteiger charge is -2.47. The van der Waals surface area contributed by atoms with Crippen LogP contribution in [0.1, 0.15) is 199 Å². The quantitative estimate of drug-likeness (QED) is 0.0431. The van der Waals surface area contributed by atoms with Gasteiger partial charge >= 0.3 is 0 Å². The van der Waals surface area contributed by atoms with Crippen molar-refractivity contribution in [3.05, 3.63) is 35.9 Å². The smallest absolute Gasteiger partial charge is 0.237 e. The van der Waals surface area contributed by atoms with Crippen LogP contribution in [0.5, 0.6) is 0 Å². The molecule has 0 unspecified atom stereocenters. The van der Waals surface area contributed by atoms with Crippen molar-refractivity contribution in [3.63, 3.8) is 0 Å². The molecule has 0 aliphatic carbocycles. The number of hydrogen-bond donors (Lipinski definition) is 5. The van der Waals surface area contributed by atoms with E-state index in [1.807, 2.05) is 30.3 Å². The highest BCUT2D eigenvalue weighted by Crippen LogP contribution is 2.26. The van der Waals surface area contributed by atoms with E-state index in [9.17, 15) is 24.9 Å². The van der Waals surface area contributed by atoms with Crippen molar-refractivity contribution in [2.45, 2.75) is 237 Å². The minimum Gasteiger partial charge on any atom is -0.394 e. The average molecular weight is 788 g/mol. The van der Waals surface area contributed by atoms with Gasteiger partial charge in [-0.2, -0.15) is 0 Å². The Labute approximate surface area is 342 Å². The SMILES string of the molecule is CCCCCCCCCCCCCCCCCC(=O)N(CCCCCCCCCCCCCC)[C@@H]1O[C@H](CO)[C@@H](O)[C@H](O)[C@H]1NC(=O)[C@@H](N)Cc1ccccc1. The number of hydrogen-bond acceptors (Lipinski definition) is 7. The lowest BCUT2D eigenvalue weighted by molar-refractivity contribution is -0.231. The number of nitrogens with two attached hydrogens (primary N) is 1. The van der Waals surface area contributed by atoms with Gasteiger partial charge in [-0.05, 0) is 24.8 Å². The number of nitrogens with zero attached hydrogens (tertiary/aromatic N) is 1. The summed E-state index contributed by atoms with van der Waals surface area (Å²) < 4.78 is 6.19. The fourth-order valence-electron chi connectivity index (χ4n) is 8.06. The number of aliphatic hydroxyl groups is 3. The van der Waals surface area contributed by atoms with Gasteiger partial charge in [0.2, 0.25) is 11.8 Å². The maximum atomic E-state index is 14.0. The summed E-state index contributed by atoms with van der Waals surface area (Å²) in [6, 6.07) is 7.46. The molecular weight excluding hydrogens is 703 g/mol. The van der Waals surface area contributed by atoms with Gasteiger partial charge in [0.15, 0.2) is 6.23 Å². The number of rotatable bonds is 35. The van der Waals surface area contributed by atoms with E-state index in [2.05, 4.69) is 19.2 Å². The molecule has 2 amide bonds. The molecule has 6 atom stereocenters. The fourth-order valence-corrected chi connectivity index (χ4v) is 8.06. The van der Waals surface area contributed by atoms with Crippen molar-refractivity contribution >= 4 is 11.8 Å². The third-order valence-corrected chi connectivity index (χ3v) is 11.7. The predicted octanol–water partition coefficient (Wildman–Crippen LogP) is 9.27. The van der Waals surface area contributed by atoms with Gasteiger partial charge in [-0.1, -0.05) is 205 Å². The molecule has 0 spiro atoms. The van der Waals surface area contributed by atoms with Gasteiger partial charge in [0.25, 0.3) is 0 Å². The second-order valence-corrected chi connectivity index (χ2v) is 16.7. The van der Waals surface area contributed by atoms with E-state index in [1.54, 1.807) is 4.90 Å². The first-order valence-electron chi connectivity index (χ1n) is 23.4. The molecule has 0 saturated carbocycles. The van der Waals surface area contributed by atoms with Gasteiger partial charge in [-0.25, -0.2) is 0 Å². The van der Waals surface area contributed by atoms with Crippen LogP contribution in [0.3, 0.4) is 0 Å². The van der Waals surface area contributed by atoms with E-state index in [0.29, 0.717) is 19.4 Å². The topological polar surface area (TPSA) is 145 Å². The molecule has 56 heavy (non-hydrogen) atoms. The van der Waals surface area contributed by atoms with Crippen LogP contribution in [0, 0.1) is 0 Å². The third-order valence-electron chi connectivity index (χ3n) is 11.7. The molecule has 0 bridgehead atoms. The Morgan fingerprint density at radius 2 is 1.09 bits per heavy atom. The van der Waals surface area contributed by atoms with Crippen LogP contribution < -0.4 is 11.1 Å². The van der Waals surface area contributed by atoms with Crippen LogP contribution >= 0.6 is 0 Å². The van der Waals surface area contributed by atoms with Gasteiger partial charge in [-0.3, -0.25) is 9.59 Å². The van der Waals surface area contributed by atoms with E-state index in [1.165, 1.54) is 128 Å². The molecule has 1 aromatic carbocycles. The minimum absolute atomic E-state index is 0.0964. The summed E-state index contributed by atoms with van der Waals surface area (Å²) in [4.78, 5) is 29.1. The predicted molar refractivity (Wildman–Crippen MR) is 230 cm³/mol. The van der Waals surface area contributed by atoms with Crippen molar-refractivity contribution in [1.29, 1.82) is 0 Å². The Hall–Kier alpha value is -2.04. The van der Waals surface area contributed by atoms with Crippen LogP contribution in [-0.4, -0.2) is 81.8 Å². The largest absolute Gasteiger partial charge is 0.394 e. The van der Waals surface area contributed by atoms with E-state index >= 15 is 0 Å². The number of carbonyl (C=O) groups excluding carboxylic acids is 2. The Kier molecular flexibility index (Phi) is 29.4. The number of unbranched alkanes of at least 4 members (excludes halogenated alkanes) is 25. The normalized spacial score (nSPS) is 20.2. The molecule has 1 aliphatic rings. The van der Waals surface area contributed by atoms with Crippen LogP contribution in [0.15, 0.2) is 30.3 Å². The Morgan fingerprint density at radius 1 is 0.661 bits per heavy atom. The summed E-state index contributed by atoms with van der Waals surface area (Å²) in [7, 11) is 0. The standard InChI is InChI=1S/C47H85N3O6/c1-3-5-7-9-11-13-15-17-18-19-20-22-24-26-31-35-42(52)50(36-32-27-25-23-21-16-14-12-10-8-6-4-2)47-43(45(54)44(53)41(38-51)56-47)49-46(55)40(48)37-39-33-29-28-30-34-39/h28-30,33-34,40-41,43-45,47,51,53-54H,3-27,31-32,35-38,48H2,1-2H3,(H,49,55)/t40-,41+,43+,44+,45+,47+/m0/s1. The van der Waals surface area contributed by atoms with E-state index in [4.69, 9.17) is 10.5 Å². The maximum Gasteiger partial charge on any atom is 0.237 e. The molecule has 0 aromatic heterocycles. The van der Waals surface area contributed by atoms with Gasteiger partial charge in [0, 0.05) is 13.0 Å². The summed E-state index contributed by atoms with van der Waals surface area (Å²) >= 11 is 0. The highest BCUT2D eigenvalue weighted by molar-refractivity contribution is 5.82. The molecule has 1 fully saturated rings. The van der Waals surface area contributed by atoms with Crippen LogP contribution in [0.25, 0.3) is 0 Å². The maximum absolute atomic E-state index is 14.0. The van der Waals surface area contributed by atoms with Crippen LogP contribution in [-0.2, 0) is 20.7 Å². The highest BCUT2D eigenvalue weighted by Gasteiger charge is 2.48. The van der Waals surface area contributed by atoms with Crippen molar-refractivity contribution in [2.75, 3.05) is 13.2 Å². The number of ether oxygens (including phenoxy) is 1.